The SMILES string of the molecule is CCCOCCC(Cc1cc(CC)nn1CC)NN. The zero-order valence-electron chi connectivity index (χ0n) is 12.5. The van der Waals surface area contributed by atoms with Crippen LogP contribution in [0.3, 0.4) is 0 Å². The highest BCUT2D eigenvalue weighted by molar-refractivity contribution is 5.11. The average molecular weight is 268 g/mol. The van der Waals surface area contributed by atoms with Crippen molar-refractivity contribution in [2.45, 2.75) is 59.0 Å². The van der Waals surface area contributed by atoms with E-state index in [4.69, 9.17) is 10.6 Å². The van der Waals surface area contributed by atoms with Gasteiger partial charge in [-0.25, -0.2) is 0 Å². The van der Waals surface area contributed by atoms with Gasteiger partial charge in [0.05, 0.1) is 5.69 Å². The summed E-state index contributed by atoms with van der Waals surface area (Å²) < 4.78 is 7.58. The molecule has 0 saturated carbocycles. The van der Waals surface area contributed by atoms with Crippen LogP contribution in [0.2, 0.25) is 0 Å². The fraction of sp³-hybridized carbons (Fsp3) is 0.786. The third-order valence-electron chi connectivity index (χ3n) is 3.23. The molecule has 0 radical (unpaired) electrons. The highest BCUT2D eigenvalue weighted by Gasteiger charge is 2.12. The standard InChI is InChI=1S/C14H28N4O/c1-4-8-19-9-7-13(16-15)11-14-10-12(5-2)17-18(14)6-3/h10,13,16H,4-9,11,15H2,1-3H3. The summed E-state index contributed by atoms with van der Waals surface area (Å²) in [6, 6.07) is 2.42. The Morgan fingerprint density at radius 1 is 1.37 bits per heavy atom. The molecule has 0 aliphatic heterocycles. The number of ether oxygens (including phenoxy) is 1. The molecule has 0 amide bonds. The summed E-state index contributed by atoms with van der Waals surface area (Å²) >= 11 is 0. The molecule has 3 N–H and O–H groups in total. The molecular weight excluding hydrogens is 240 g/mol. The van der Waals surface area contributed by atoms with E-state index in [1.54, 1.807) is 0 Å². The van der Waals surface area contributed by atoms with Gasteiger partial charge in [0.15, 0.2) is 0 Å². The van der Waals surface area contributed by atoms with E-state index in [2.05, 4.69) is 42.0 Å². The minimum atomic E-state index is 0.239. The number of hydrogen-bond donors (Lipinski definition) is 2. The molecule has 5 nitrogen and oxygen atoms in total. The fourth-order valence-electron chi connectivity index (χ4n) is 2.09. The van der Waals surface area contributed by atoms with Gasteiger partial charge in [0.2, 0.25) is 0 Å². The number of nitrogens with zero attached hydrogens (tertiary/aromatic N) is 2. The van der Waals surface area contributed by atoms with Crippen LogP contribution in [0, 0.1) is 0 Å². The topological polar surface area (TPSA) is 65.1 Å². The van der Waals surface area contributed by atoms with Crippen molar-refractivity contribution in [3.63, 3.8) is 0 Å². The molecule has 0 aromatic carbocycles. The Balaban J connectivity index is 2.52. The highest BCUT2D eigenvalue weighted by Crippen LogP contribution is 2.10. The summed E-state index contributed by atoms with van der Waals surface area (Å²) in [6.07, 6.45) is 3.85. The Bertz CT molecular complexity index is 351. The first-order chi connectivity index (χ1) is 9.24. The van der Waals surface area contributed by atoms with Crippen LogP contribution in [0.4, 0.5) is 0 Å². The molecule has 1 rings (SSSR count). The number of aromatic nitrogens is 2. The normalized spacial score (nSPS) is 12.8. The van der Waals surface area contributed by atoms with Crippen molar-refractivity contribution in [1.29, 1.82) is 0 Å². The largest absolute Gasteiger partial charge is 0.381 e. The van der Waals surface area contributed by atoms with Gasteiger partial charge in [0.25, 0.3) is 0 Å². The second-order valence-corrected chi connectivity index (χ2v) is 4.77. The predicted molar refractivity (Wildman–Crippen MR) is 77.8 cm³/mol. The minimum Gasteiger partial charge on any atom is -0.381 e. The van der Waals surface area contributed by atoms with Crippen molar-refractivity contribution in [2.75, 3.05) is 13.2 Å². The summed E-state index contributed by atoms with van der Waals surface area (Å²) in [5, 5.41) is 4.56. The third kappa shape index (κ3) is 5.30. The van der Waals surface area contributed by atoms with Crippen LogP contribution in [0.1, 0.15) is 45.0 Å². The van der Waals surface area contributed by atoms with Crippen molar-refractivity contribution in [3.05, 3.63) is 17.5 Å². The molecule has 1 atom stereocenters. The first kappa shape index (κ1) is 16.1. The predicted octanol–water partition coefficient (Wildman–Crippen LogP) is 1.66. The molecule has 1 aromatic heterocycles. The minimum absolute atomic E-state index is 0.239. The van der Waals surface area contributed by atoms with Gasteiger partial charge < -0.3 is 4.74 Å². The lowest BCUT2D eigenvalue weighted by Crippen LogP contribution is -2.38. The summed E-state index contributed by atoms with van der Waals surface area (Å²) in [5.74, 6) is 5.63. The van der Waals surface area contributed by atoms with E-state index in [1.165, 1.54) is 5.69 Å². The first-order valence-corrected chi connectivity index (χ1v) is 7.34. The second-order valence-electron chi connectivity index (χ2n) is 4.77. The Labute approximate surface area is 116 Å². The fourth-order valence-corrected chi connectivity index (χ4v) is 2.09. The van der Waals surface area contributed by atoms with E-state index in [0.29, 0.717) is 0 Å². The molecule has 1 heterocycles. The van der Waals surface area contributed by atoms with Crippen molar-refractivity contribution < 1.29 is 4.74 Å². The van der Waals surface area contributed by atoms with Gasteiger partial charge in [-0.3, -0.25) is 16.0 Å². The lowest BCUT2D eigenvalue weighted by atomic mass is 10.1. The zero-order chi connectivity index (χ0) is 14.1. The molecule has 110 valence electrons. The molecule has 1 aromatic rings. The van der Waals surface area contributed by atoms with E-state index < -0.39 is 0 Å². The number of nitrogens with two attached hydrogens (primary N) is 1. The van der Waals surface area contributed by atoms with Gasteiger partial charge in [-0.1, -0.05) is 13.8 Å². The van der Waals surface area contributed by atoms with Crippen LogP contribution in [0.25, 0.3) is 0 Å². The molecule has 0 aliphatic carbocycles. The smallest absolute Gasteiger partial charge is 0.0624 e. The monoisotopic (exact) mass is 268 g/mol. The summed E-state index contributed by atoms with van der Waals surface area (Å²) in [5.41, 5.74) is 5.28. The Hall–Kier alpha value is -0.910. The quantitative estimate of drug-likeness (QED) is 0.385. The highest BCUT2D eigenvalue weighted by atomic mass is 16.5. The Morgan fingerprint density at radius 3 is 2.74 bits per heavy atom. The molecule has 0 bridgehead atoms. The molecule has 5 heteroatoms. The Kier molecular flexibility index (Phi) is 7.70. The number of nitrogens with one attached hydrogen (secondary N) is 1. The number of hydrogen-bond acceptors (Lipinski definition) is 4. The van der Waals surface area contributed by atoms with Crippen molar-refractivity contribution >= 4 is 0 Å². The van der Waals surface area contributed by atoms with E-state index >= 15 is 0 Å². The second kappa shape index (κ2) is 9.07. The Morgan fingerprint density at radius 2 is 2.16 bits per heavy atom. The van der Waals surface area contributed by atoms with Crippen LogP contribution in [-0.4, -0.2) is 29.0 Å². The van der Waals surface area contributed by atoms with Gasteiger partial charge >= 0.3 is 0 Å². The summed E-state index contributed by atoms with van der Waals surface area (Å²) in [4.78, 5) is 0. The van der Waals surface area contributed by atoms with Gasteiger partial charge in [-0.05, 0) is 32.3 Å². The van der Waals surface area contributed by atoms with E-state index in [-0.39, 0.29) is 6.04 Å². The van der Waals surface area contributed by atoms with Crippen LogP contribution in [0.15, 0.2) is 6.07 Å². The molecule has 0 saturated heterocycles. The maximum atomic E-state index is 5.63. The molecule has 0 aliphatic rings. The number of rotatable bonds is 10. The lowest BCUT2D eigenvalue weighted by molar-refractivity contribution is 0.124. The van der Waals surface area contributed by atoms with Crippen LogP contribution in [0.5, 0.6) is 0 Å². The van der Waals surface area contributed by atoms with E-state index in [0.717, 1.165) is 51.1 Å². The van der Waals surface area contributed by atoms with Gasteiger partial charge in [0.1, 0.15) is 0 Å². The van der Waals surface area contributed by atoms with Crippen LogP contribution >= 0.6 is 0 Å². The van der Waals surface area contributed by atoms with Crippen LogP contribution < -0.4 is 11.3 Å². The molecule has 0 fully saturated rings. The summed E-state index contributed by atoms with van der Waals surface area (Å²) in [7, 11) is 0. The zero-order valence-corrected chi connectivity index (χ0v) is 12.5. The first-order valence-electron chi connectivity index (χ1n) is 7.34. The molecule has 1 unspecified atom stereocenters. The number of hydrazine groups is 1. The van der Waals surface area contributed by atoms with Crippen molar-refractivity contribution in [1.82, 2.24) is 15.2 Å². The van der Waals surface area contributed by atoms with E-state index in [1.807, 2.05) is 0 Å². The van der Waals surface area contributed by atoms with Crippen LogP contribution in [-0.2, 0) is 24.1 Å². The van der Waals surface area contributed by atoms with E-state index in [9.17, 15) is 0 Å². The average Bonchev–Trinajstić information content (AvgIpc) is 2.84. The molecule has 0 spiro atoms. The number of aryl methyl sites for hydroxylation is 2. The van der Waals surface area contributed by atoms with Gasteiger partial charge in [-0.2, -0.15) is 5.10 Å². The third-order valence-corrected chi connectivity index (χ3v) is 3.23. The molecule has 19 heavy (non-hydrogen) atoms. The van der Waals surface area contributed by atoms with Gasteiger partial charge in [0, 0.05) is 37.9 Å². The maximum absolute atomic E-state index is 5.63. The van der Waals surface area contributed by atoms with Gasteiger partial charge in [-0.15, -0.1) is 0 Å². The summed E-state index contributed by atoms with van der Waals surface area (Å²) in [6.45, 7) is 8.84. The molecular formula is C14H28N4O. The maximum Gasteiger partial charge on any atom is 0.0624 e. The van der Waals surface area contributed by atoms with Crippen molar-refractivity contribution in [3.8, 4) is 0 Å². The lowest BCUT2D eigenvalue weighted by Gasteiger charge is -2.16. The van der Waals surface area contributed by atoms with Crippen molar-refractivity contribution in [2.24, 2.45) is 5.84 Å².